The molecule has 0 amide bonds. The van der Waals surface area contributed by atoms with Crippen molar-refractivity contribution >= 4 is 5.97 Å². The van der Waals surface area contributed by atoms with Gasteiger partial charge in [-0.3, -0.25) is 0 Å². The summed E-state index contributed by atoms with van der Waals surface area (Å²) in [6, 6.07) is 0. The number of rotatable bonds is 2. The first-order valence-electron chi connectivity index (χ1n) is 3.33. The number of epoxide rings is 1. The minimum absolute atomic E-state index is 0.0313. The number of cyclic esters (lactones) is 1. The Morgan fingerprint density at radius 2 is 1.89 bits per heavy atom. The number of hydrogen-bond acceptors (Lipinski definition) is 2. The van der Waals surface area contributed by atoms with Gasteiger partial charge < -0.3 is 4.74 Å². The first kappa shape index (κ1) is 6.59. The Kier molecular flexibility index (Phi) is 1.47. The Hall–Kier alpha value is -0.530. The lowest BCUT2D eigenvalue weighted by Crippen LogP contribution is -2.11. The third kappa shape index (κ3) is 1.23. The van der Waals surface area contributed by atoms with Crippen molar-refractivity contribution in [3.05, 3.63) is 0 Å². The predicted octanol–water partition coefficient (Wildman–Crippen LogP) is 1.20. The molecule has 0 N–H and O–H groups in total. The van der Waals surface area contributed by atoms with E-state index in [2.05, 4.69) is 13.8 Å². The summed E-state index contributed by atoms with van der Waals surface area (Å²) in [5, 5.41) is 0. The quantitative estimate of drug-likeness (QED) is 0.523. The Bertz CT molecular complexity index is 129. The van der Waals surface area contributed by atoms with Crippen LogP contribution in [0.5, 0.6) is 0 Å². The zero-order valence-corrected chi connectivity index (χ0v) is 6.05. The average Bonchev–Trinajstić information content (AvgIpc) is 2.44. The maximum atomic E-state index is 10.4. The maximum absolute atomic E-state index is 10.4. The largest absolute Gasteiger partial charge is 0.447 e. The van der Waals surface area contributed by atoms with E-state index in [1.165, 1.54) is 0 Å². The minimum Gasteiger partial charge on any atom is -0.447 e. The van der Waals surface area contributed by atoms with Gasteiger partial charge in [0.2, 0.25) is 6.10 Å². The Labute approximate surface area is 55.2 Å². The van der Waals surface area contributed by atoms with Gasteiger partial charge in [0.25, 0.3) is 0 Å². The third-order valence-corrected chi connectivity index (χ3v) is 1.95. The summed E-state index contributed by atoms with van der Waals surface area (Å²) in [6.45, 7) is 6.24. The van der Waals surface area contributed by atoms with Gasteiger partial charge in [0.05, 0.1) is 0 Å². The second-order valence-corrected chi connectivity index (χ2v) is 2.96. The SMILES string of the molecule is CC(C)C(C)C1OC1=O. The zero-order valence-electron chi connectivity index (χ0n) is 6.05. The van der Waals surface area contributed by atoms with Gasteiger partial charge in [0, 0.05) is 5.92 Å². The lowest BCUT2D eigenvalue weighted by atomic mass is 9.95. The summed E-state index contributed by atoms with van der Waals surface area (Å²) in [5.41, 5.74) is 0. The monoisotopic (exact) mass is 128 g/mol. The summed E-state index contributed by atoms with van der Waals surface area (Å²) >= 11 is 0. The van der Waals surface area contributed by atoms with Crippen LogP contribution in [0.3, 0.4) is 0 Å². The molecular formula is C7H12O2. The molecule has 0 spiro atoms. The Balaban J connectivity index is 2.35. The number of ether oxygens (including phenoxy) is 1. The van der Waals surface area contributed by atoms with Crippen LogP contribution in [0.15, 0.2) is 0 Å². The highest BCUT2D eigenvalue weighted by molar-refractivity contribution is 5.87. The van der Waals surface area contributed by atoms with Gasteiger partial charge in [-0.1, -0.05) is 20.8 Å². The van der Waals surface area contributed by atoms with E-state index in [1.54, 1.807) is 0 Å². The van der Waals surface area contributed by atoms with Crippen molar-refractivity contribution < 1.29 is 9.53 Å². The molecule has 0 aromatic carbocycles. The van der Waals surface area contributed by atoms with Gasteiger partial charge in [-0.25, -0.2) is 4.79 Å². The molecule has 2 heteroatoms. The topological polar surface area (TPSA) is 29.6 Å². The Morgan fingerprint density at radius 3 is 2.00 bits per heavy atom. The summed E-state index contributed by atoms with van der Waals surface area (Å²) in [5.74, 6) is 0.898. The predicted molar refractivity (Wildman–Crippen MR) is 33.9 cm³/mol. The summed E-state index contributed by atoms with van der Waals surface area (Å²) in [6.07, 6.45) is -0.0787. The molecule has 1 rings (SSSR count). The van der Waals surface area contributed by atoms with Crippen molar-refractivity contribution in [2.24, 2.45) is 11.8 Å². The summed E-state index contributed by atoms with van der Waals surface area (Å²) in [7, 11) is 0. The number of carbonyl (C=O) groups excluding carboxylic acids is 1. The number of carbonyl (C=O) groups is 1. The van der Waals surface area contributed by atoms with Crippen molar-refractivity contribution in [2.75, 3.05) is 0 Å². The van der Waals surface area contributed by atoms with Crippen molar-refractivity contribution in [1.29, 1.82) is 0 Å². The van der Waals surface area contributed by atoms with Crippen LogP contribution >= 0.6 is 0 Å². The van der Waals surface area contributed by atoms with Gasteiger partial charge in [-0.05, 0) is 5.92 Å². The first-order valence-corrected chi connectivity index (χ1v) is 3.33. The zero-order chi connectivity index (χ0) is 7.02. The van der Waals surface area contributed by atoms with E-state index in [0.717, 1.165) is 0 Å². The average molecular weight is 128 g/mol. The highest BCUT2D eigenvalue weighted by Crippen LogP contribution is 2.27. The van der Waals surface area contributed by atoms with E-state index < -0.39 is 0 Å². The van der Waals surface area contributed by atoms with Crippen LogP contribution in [-0.2, 0) is 9.53 Å². The Morgan fingerprint density at radius 1 is 1.44 bits per heavy atom. The molecule has 1 aliphatic heterocycles. The highest BCUT2D eigenvalue weighted by Gasteiger charge is 2.43. The van der Waals surface area contributed by atoms with Crippen molar-refractivity contribution in [3.8, 4) is 0 Å². The highest BCUT2D eigenvalue weighted by atomic mass is 16.6. The van der Waals surface area contributed by atoms with Gasteiger partial charge in [-0.15, -0.1) is 0 Å². The maximum Gasteiger partial charge on any atom is 0.348 e. The molecule has 0 saturated carbocycles. The lowest BCUT2D eigenvalue weighted by Gasteiger charge is -2.08. The molecular weight excluding hydrogens is 116 g/mol. The van der Waals surface area contributed by atoms with Crippen LogP contribution in [0, 0.1) is 11.8 Å². The standard InChI is InChI=1S/C7H12O2/c1-4(2)5(3)6-7(8)9-6/h4-6H,1-3H3. The van der Waals surface area contributed by atoms with E-state index in [9.17, 15) is 4.79 Å². The molecule has 1 heterocycles. The fourth-order valence-corrected chi connectivity index (χ4v) is 0.763. The van der Waals surface area contributed by atoms with Gasteiger partial charge in [0.15, 0.2) is 0 Å². The molecule has 1 saturated heterocycles. The van der Waals surface area contributed by atoms with Crippen molar-refractivity contribution in [3.63, 3.8) is 0 Å². The van der Waals surface area contributed by atoms with E-state index in [-0.39, 0.29) is 12.1 Å². The second-order valence-electron chi connectivity index (χ2n) is 2.96. The van der Waals surface area contributed by atoms with Crippen LogP contribution < -0.4 is 0 Å². The number of hydrogen-bond donors (Lipinski definition) is 0. The molecule has 2 atom stereocenters. The third-order valence-electron chi connectivity index (χ3n) is 1.95. The molecule has 0 radical (unpaired) electrons. The van der Waals surface area contributed by atoms with Crippen molar-refractivity contribution in [2.45, 2.75) is 26.9 Å². The minimum atomic E-state index is -0.0787. The van der Waals surface area contributed by atoms with E-state index in [1.807, 2.05) is 6.92 Å². The molecule has 0 aromatic rings. The van der Waals surface area contributed by atoms with Gasteiger partial charge >= 0.3 is 5.97 Å². The van der Waals surface area contributed by atoms with Crippen LogP contribution in [0.4, 0.5) is 0 Å². The van der Waals surface area contributed by atoms with E-state index in [4.69, 9.17) is 4.74 Å². The van der Waals surface area contributed by atoms with Gasteiger partial charge in [-0.2, -0.15) is 0 Å². The fraction of sp³-hybridized carbons (Fsp3) is 0.857. The van der Waals surface area contributed by atoms with Gasteiger partial charge in [0.1, 0.15) is 0 Å². The van der Waals surface area contributed by atoms with E-state index >= 15 is 0 Å². The molecule has 9 heavy (non-hydrogen) atoms. The lowest BCUT2D eigenvalue weighted by molar-refractivity contribution is -0.117. The normalized spacial score (nSPS) is 28.0. The molecule has 0 bridgehead atoms. The van der Waals surface area contributed by atoms with Crippen LogP contribution in [0.1, 0.15) is 20.8 Å². The van der Waals surface area contributed by atoms with E-state index in [0.29, 0.717) is 11.8 Å². The molecule has 2 nitrogen and oxygen atoms in total. The molecule has 0 aromatic heterocycles. The molecule has 0 aliphatic carbocycles. The van der Waals surface area contributed by atoms with Crippen LogP contribution in [0.2, 0.25) is 0 Å². The van der Waals surface area contributed by atoms with Crippen LogP contribution in [0.25, 0.3) is 0 Å². The summed E-state index contributed by atoms with van der Waals surface area (Å²) < 4.78 is 4.70. The fourth-order valence-electron chi connectivity index (χ4n) is 0.763. The summed E-state index contributed by atoms with van der Waals surface area (Å²) in [4.78, 5) is 10.4. The van der Waals surface area contributed by atoms with Crippen LogP contribution in [-0.4, -0.2) is 12.1 Å². The smallest absolute Gasteiger partial charge is 0.348 e. The molecule has 2 unspecified atom stereocenters. The second kappa shape index (κ2) is 2.01. The molecule has 1 fully saturated rings. The molecule has 52 valence electrons. The molecule has 1 aliphatic rings. The van der Waals surface area contributed by atoms with Crippen molar-refractivity contribution in [1.82, 2.24) is 0 Å². The first-order chi connectivity index (χ1) is 4.13.